The van der Waals surface area contributed by atoms with Crippen LogP contribution in [0, 0.1) is 0 Å². The molecule has 2 aliphatic rings. The van der Waals surface area contributed by atoms with E-state index in [1.807, 2.05) is 0 Å². The minimum atomic E-state index is -1.89. The Bertz CT molecular complexity index is 880. The molecule has 2 heterocycles. The maximum atomic E-state index is 12.3. The Kier molecular flexibility index (Phi) is 3.60. The molecule has 7 nitrogen and oxygen atoms in total. The molecule has 4 N–H and O–H groups in total. The number of nitrogens with one attached hydrogen (secondary N) is 2. The van der Waals surface area contributed by atoms with Gasteiger partial charge in [0.25, 0.3) is 5.91 Å². The summed E-state index contributed by atoms with van der Waals surface area (Å²) in [5.74, 6) is 0.558. The molecule has 2 aromatic carbocycles. The lowest BCUT2D eigenvalue weighted by molar-refractivity contribution is -0.129. The van der Waals surface area contributed by atoms with Gasteiger partial charge in [0.1, 0.15) is 13.2 Å². The van der Waals surface area contributed by atoms with E-state index in [-0.39, 0.29) is 5.70 Å². The van der Waals surface area contributed by atoms with E-state index in [2.05, 4.69) is 10.8 Å². The number of ether oxygens (including phenoxy) is 2. The fourth-order valence-electron chi connectivity index (χ4n) is 3.01. The van der Waals surface area contributed by atoms with Crippen LogP contribution in [0.4, 0.5) is 5.69 Å². The molecule has 2 aliphatic heterocycles. The summed E-state index contributed by atoms with van der Waals surface area (Å²) in [4.78, 5) is 12.3. The second-order valence-corrected chi connectivity index (χ2v) is 5.79. The number of benzene rings is 2. The van der Waals surface area contributed by atoms with Crippen molar-refractivity contribution >= 4 is 17.3 Å². The van der Waals surface area contributed by atoms with Crippen molar-refractivity contribution < 1.29 is 24.6 Å². The highest BCUT2D eigenvalue weighted by molar-refractivity contribution is 6.07. The van der Waals surface area contributed by atoms with Crippen LogP contribution in [0.1, 0.15) is 11.1 Å². The highest BCUT2D eigenvalue weighted by Gasteiger charge is 2.43. The van der Waals surface area contributed by atoms with Gasteiger partial charge in [-0.1, -0.05) is 18.2 Å². The summed E-state index contributed by atoms with van der Waals surface area (Å²) in [6.07, 6.45) is 1.28. The van der Waals surface area contributed by atoms with Gasteiger partial charge < -0.3 is 19.9 Å². The highest BCUT2D eigenvalue weighted by Crippen LogP contribution is 2.39. The summed E-state index contributed by atoms with van der Waals surface area (Å²) >= 11 is 0. The number of rotatable bonds is 3. The smallest absolute Gasteiger partial charge is 0.265 e. The second kappa shape index (κ2) is 5.80. The first-order chi connectivity index (χ1) is 12.1. The summed E-state index contributed by atoms with van der Waals surface area (Å²) in [5.41, 5.74) is 1.83. The number of carbonyl (C=O) groups is 1. The normalized spacial score (nSPS) is 21.5. The third-order valence-electron chi connectivity index (χ3n) is 4.26. The largest absolute Gasteiger partial charge is 0.486 e. The Labute approximate surface area is 143 Å². The zero-order valence-corrected chi connectivity index (χ0v) is 13.2. The molecule has 7 heteroatoms. The quantitative estimate of drug-likeness (QED) is 0.634. The number of aliphatic hydroxyl groups is 1. The minimum absolute atomic E-state index is 0.173. The predicted octanol–water partition coefficient (Wildman–Crippen LogP) is 1.62. The van der Waals surface area contributed by atoms with Crippen molar-refractivity contribution in [1.29, 1.82) is 0 Å². The molecule has 2 aromatic rings. The summed E-state index contributed by atoms with van der Waals surface area (Å²) in [6.45, 7) is 0.909. The van der Waals surface area contributed by atoms with E-state index in [0.717, 1.165) is 0 Å². The molecule has 0 bridgehead atoms. The van der Waals surface area contributed by atoms with E-state index in [9.17, 15) is 15.1 Å². The van der Waals surface area contributed by atoms with Gasteiger partial charge >= 0.3 is 0 Å². The predicted molar refractivity (Wildman–Crippen MR) is 89.3 cm³/mol. The van der Waals surface area contributed by atoms with E-state index < -0.39 is 11.5 Å². The maximum Gasteiger partial charge on any atom is 0.265 e. The van der Waals surface area contributed by atoms with Gasteiger partial charge in [0.15, 0.2) is 17.1 Å². The zero-order valence-electron chi connectivity index (χ0n) is 13.2. The first kappa shape index (κ1) is 15.5. The summed E-state index contributed by atoms with van der Waals surface area (Å²) in [6, 6.07) is 11.9. The van der Waals surface area contributed by atoms with Crippen molar-refractivity contribution in [1.82, 2.24) is 5.48 Å². The molecular formula is C18H16N2O5. The lowest BCUT2D eigenvalue weighted by atomic mass is 9.93. The molecule has 0 aromatic heterocycles. The van der Waals surface area contributed by atoms with Gasteiger partial charge in [0.05, 0.1) is 5.70 Å². The van der Waals surface area contributed by atoms with Gasteiger partial charge in [0, 0.05) is 16.8 Å². The Hall–Kier alpha value is -3.03. The second-order valence-electron chi connectivity index (χ2n) is 5.79. The molecule has 4 rings (SSSR count). The first-order valence-electron chi connectivity index (χ1n) is 7.78. The van der Waals surface area contributed by atoms with E-state index in [1.54, 1.807) is 42.5 Å². The van der Waals surface area contributed by atoms with Crippen molar-refractivity contribution in [2.45, 2.75) is 5.60 Å². The number of amides is 1. The number of anilines is 1. The SMILES string of the molecule is O=C1Nc2ccccc2[C@@]1(O)/C=C(/NO)c1ccc2c(c1)OCCO2. The van der Waals surface area contributed by atoms with Gasteiger partial charge in [-0.25, -0.2) is 0 Å². The molecule has 0 saturated carbocycles. The Morgan fingerprint density at radius 2 is 1.92 bits per heavy atom. The fraction of sp³-hybridized carbons (Fsp3) is 0.167. The summed E-state index contributed by atoms with van der Waals surface area (Å²) in [5, 5.41) is 23.1. The van der Waals surface area contributed by atoms with Crippen LogP contribution in [0.5, 0.6) is 11.5 Å². The number of hydrogen-bond donors (Lipinski definition) is 4. The molecule has 0 saturated heterocycles. The lowest BCUT2D eigenvalue weighted by Gasteiger charge is -2.21. The van der Waals surface area contributed by atoms with E-state index >= 15 is 0 Å². The van der Waals surface area contributed by atoms with Crippen LogP contribution < -0.4 is 20.3 Å². The van der Waals surface area contributed by atoms with Crippen LogP contribution in [-0.4, -0.2) is 29.4 Å². The van der Waals surface area contributed by atoms with Crippen molar-refractivity contribution in [2.24, 2.45) is 0 Å². The van der Waals surface area contributed by atoms with Gasteiger partial charge in [-0.2, -0.15) is 0 Å². The number of hydrogen-bond acceptors (Lipinski definition) is 6. The average molecular weight is 340 g/mol. The summed E-state index contributed by atoms with van der Waals surface area (Å²) < 4.78 is 11.0. The standard InChI is InChI=1S/C18H16N2O5/c21-17-18(22,12-3-1-2-4-13(12)19-17)10-14(20-23)11-5-6-15-16(9-11)25-8-7-24-15/h1-6,9-10,20,22-23H,7-8H2,(H,19,21)/b14-10+/t18-/m0/s1. The molecule has 0 fully saturated rings. The van der Waals surface area contributed by atoms with Crippen molar-refractivity contribution in [3.63, 3.8) is 0 Å². The van der Waals surface area contributed by atoms with Crippen LogP contribution in [0.15, 0.2) is 48.5 Å². The van der Waals surface area contributed by atoms with Gasteiger partial charge in [-0.15, -0.1) is 0 Å². The minimum Gasteiger partial charge on any atom is -0.486 e. The van der Waals surface area contributed by atoms with E-state index in [0.29, 0.717) is 41.5 Å². The fourth-order valence-corrected chi connectivity index (χ4v) is 3.01. The van der Waals surface area contributed by atoms with Crippen molar-refractivity contribution in [3.8, 4) is 11.5 Å². The molecule has 1 atom stereocenters. The number of para-hydroxylation sites is 1. The topological polar surface area (TPSA) is 100 Å². The van der Waals surface area contributed by atoms with Gasteiger partial charge in [-0.3, -0.25) is 15.5 Å². The molecule has 128 valence electrons. The van der Waals surface area contributed by atoms with Gasteiger partial charge in [0.2, 0.25) is 0 Å². The van der Waals surface area contributed by atoms with E-state index in [1.165, 1.54) is 6.08 Å². The molecular weight excluding hydrogens is 324 g/mol. The Morgan fingerprint density at radius 3 is 2.72 bits per heavy atom. The molecule has 0 aliphatic carbocycles. The molecule has 0 spiro atoms. The molecule has 1 amide bonds. The Morgan fingerprint density at radius 1 is 1.16 bits per heavy atom. The zero-order chi connectivity index (χ0) is 17.4. The lowest BCUT2D eigenvalue weighted by Crippen LogP contribution is -2.33. The van der Waals surface area contributed by atoms with Crippen molar-refractivity contribution in [3.05, 3.63) is 59.7 Å². The molecule has 0 radical (unpaired) electrons. The monoisotopic (exact) mass is 340 g/mol. The van der Waals surface area contributed by atoms with Gasteiger partial charge in [-0.05, 0) is 30.3 Å². The molecule has 25 heavy (non-hydrogen) atoms. The van der Waals surface area contributed by atoms with Crippen LogP contribution in [0.2, 0.25) is 0 Å². The number of fused-ring (bicyclic) bond motifs is 2. The van der Waals surface area contributed by atoms with Crippen LogP contribution in [-0.2, 0) is 10.4 Å². The van der Waals surface area contributed by atoms with Crippen LogP contribution in [0.25, 0.3) is 5.70 Å². The van der Waals surface area contributed by atoms with Crippen LogP contribution >= 0.6 is 0 Å². The third kappa shape index (κ3) is 2.50. The highest BCUT2D eigenvalue weighted by atomic mass is 16.6. The number of carbonyl (C=O) groups excluding carboxylic acids is 1. The molecule has 0 unspecified atom stereocenters. The van der Waals surface area contributed by atoms with Crippen LogP contribution in [0.3, 0.4) is 0 Å². The average Bonchev–Trinajstić information content (AvgIpc) is 2.90. The van der Waals surface area contributed by atoms with E-state index in [4.69, 9.17) is 9.47 Å². The first-order valence-corrected chi connectivity index (χ1v) is 7.78. The summed E-state index contributed by atoms with van der Waals surface area (Å²) in [7, 11) is 0. The Balaban J connectivity index is 1.77. The number of hydroxylamine groups is 1. The maximum absolute atomic E-state index is 12.3. The van der Waals surface area contributed by atoms with Crippen molar-refractivity contribution in [2.75, 3.05) is 18.5 Å². The third-order valence-corrected chi connectivity index (χ3v) is 4.26.